The summed E-state index contributed by atoms with van der Waals surface area (Å²) in [6.07, 6.45) is 0. The highest BCUT2D eigenvalue weighted by Gasteiger charge is 1.97. The Bertz CT molecular complexity index is 429. The maximum absolute atomic E-state index is 13.2. The topological polar surface area (TPSA) is 17.1 Å². The summed E-state index contributed by atoms with van der Waals surface area (Å²) in [5.41, 5.74) is 1.36. The number of rotatable bonds is 1. The quantitative estimate of drug-likeness (QED) is 0.680. The minimum absolute atomic E-state index is 0.0222. The number of carbonyl (C=O) groups is 1. The highest BCUT2D eigenvalue weighted by atomic mass is 32.2. The van der Waals surface area contributed by atoms with Crippen LogP contribution < -0.4 is 0 Å². The molecule has 0 amide bonds. The molecule has 0 aliphatic rings. The molecule has 0 aliphatic carbocycles. The molecule has 0 unspecified atom stereocenters. The average molecular weight is 222 g/mol. The maximum Gasteiger partial charge on any atom is 0.186 e. The van der Waals surface area contributed by atoms with E-state index >= 15 is 0 Å². The minimum Gasteiger partial charge on any atom is -0.288 e. The van der Waals surface area contributed by atoms with Crippen LogP contribution in [0.1, 0.15) is 18.1 Å². The van der Waals surface area contributed by atoms with Gasteiger partial charge in [-0.2, -0.15) is 0 Å². The van der Waals surface area contributed by atoms with Crippen molar-refractivity contribution in [2.75, 3.05) is 5.75 Å². The zero-order valence-electron chi connectivity index (χ0n) is 8.63. The molecule has 78 valence electrons. The number of aryl methyl sites for hydroxylation is 1. The van der Waals surface area contributed by atoms with E-state index in [4.69, 9.17) is 0 Å². The molecule has 1 nitrogen and oxygen atoms in total. The van der Waals surface area contributed by atoms with E-state index in [0.717, 1.165) is 17.3 Å². The van der Waals surface area contributed by atoms with Crippen LogP contribution >= 0.6 is 11.8 Å². The fraction of sp³-hybridized carbons (Fsp3) is 0.250. The fourth-order valence-electron chi connectivity index (χ4n) is 1.00. The molecule has 0 spiro atoms. The highest BCUT2D eigenvalue weighted by molar-refractivity contribution is 8.13. The lowest BCUT2D eigenvalue weighted by molar-refractivity contribution is -0.109. The first kappa shape index (κ1) is 11.8. The van der Waals surface area contributed by atoms with E-state index in [1.807, 2.05) is 6.92 Å². The molecule has 1 aromatic rings. The van der Waals surface area contributed by atoms with E-state index in [9.17, 15) is 9.18 Å². The van der Waals surface area contributed by atoms with E-state index < -0.39 is 0 Å². The third kappa shape index (κ3) is 4.18. The number of hydrogen-bond acceptors (Lipinski definition) is 2. The van der Waals surface area contributed by atoms with Crippen LogP contribution in [0.3, 0.4) is 0 Å². The Kier molecular flexibility index (Phi) is 4.38. The fourth-order valence-corrected chi connectivity index (χ4v) is 1.35. The van der Waals surface area contributed by atoms with E-state index in [-0.39, 0.29) is 10.9 Å². The van der Waals surface area contributed by atoms with Crippen molar-refractivity contribution in [1.82, 2.24) is 0 Å². The summed E-state index contributed by atoms with van der Waals surface area (Å²) >= 11 is 1.13. The molecule has 0 heterocycles. The van der Waals surface area contributed by atoms with E-state index in [1.54, 1.807) is 12.1 Å². The van der Waals surface area contributed by atoms with Crippen molar-refractivity contribution >= 4 is 16.9 Å². The summed E-state index contributed by atoms with van der Waals surface area (Å²) in [5, 5.41) is 0.0222. The molecular formula is C12H11FOS. The van der Waals surface area contributed by atoms with Crippen LogP contribution in [0.4, 0.5) is 4.39 Å². The largest absolute Gasteiger partial charge is 0.288 e. The second-order valence-corrected chi connectivity index (χ2v) is 4.22. The number of halogens is 1. The first-order valence-electron chi connectivity index (χ1n) is 4.48. The number of thioether (sulfide) groups is 1. The summed E-state index contributed by atoms with van der Waals surface area (Å²) in [5.74, 6) is 5.55. The summed E-state index contributed by atoms with van der Waals surface area (Å²) in [4.78, 5) is 10.6. The van der Waals surface area contributed by atoms with Gasteiger partial charge >= 0.3 is 0 Å². The van der Waals surface area contributed by atoms with Crippen LogP contribution in [-0.4, -0.2) is 10.9 Å². The van der Waals surface area contributed by atoms with Gasteiger partial charge in [0.05, 0.1) is 11.3 Å². The molecule has 1 rings (SSSR count). The average Bonchev–Trinajstić information content (AvgIpc) is 2.17. The Balaban J connectivity index is 2.71. The van der Waals surface area contributed by atoms with Gasteiger partial charge < -0.3 is 0 Å². The second-order valence-electron chi connectivity index (χ2n) is 3.07. The molecule has 0 fully saturated rings. The molecule has 0 N–H and O–H groups in total. The Morgan fingerprint density at radius 1 is 1.53 bits per heavy atom. The van der Waals surface area contributed by atoms with E-state index in [0.29, 0.717) is 11.3 Å². The van der Waals surface area contributed by atoms with Gasteiger partial charge in [0, 0.05) is 6.92 Å². The highest BCUT2D eigenvalue weighted by Crippen LogP contribution is 2.08. The van der Waals surface area contributed by atoms with Gasteiger partial charge in [0.1, 0.15) is 5.82 Å². The van der Waals surface area contributed by atoms with Gasteiger partial charge in [-0.05, 0) is 24.6 Å². The second kappa shape index (κ2) is 5.57. The third-order valence-electron chi connectivity index (χ3n) is 1.69. The first-order chi connectivity index (χ1) is 7.09. The maximum atomic E-state index is 13.2. The van der Waals surface area contributed by atoms with Crippen LogP contribution in [0, 0.1) is 24.6 Å². The number of benzene rings is 1. The summed E-state index contributed by atoms with van der Waals surface area (Å²) in [6.45, 7) is 3.37. The van der Waals surface area contributed by atoms with Crippen molar-refractivity contribution < 1.29 is 9.18 Å². The summed E-state index contributed by atoms with van der Waals surface area (Å²) in [7, 11) is 0. The van der Waals surface area contributed by atoms with Gasteiger partial charge in [-0.1, -0.05) is 29.7 Å². The Morgan fingerprint density at radius 2 is 2.27 bits per heavy atom. The molecular weight excluding hydrogens is 211 g/mol. The molecule has 3 heteroatoms. The van der Waals surface area contributed by atoms with Crippen LogP contribution in [0.15, 0.2) is 18.2 Å². The van der Waals surface area contributed by atoms with Crippen LogP contribution in [0.5, 0.6) is 0 Å². The zero-order chi connectivity index (χ0) is 11.3. The van der Waals surface area contributed by atoms with Gasteiger partial charge in [-0.15, -0.1) is 0 Å². The molecule has 1 aromatic carbocycles. The van der Waals surface area contributed by atoms with Crippen molar-refractivity contribution in [2.45, 2.75) is 13.8 Å². The molecule has 0 saturated carbocycles. The predicted octanol–water partition coefficient (Wildman–Crippen LogP) is 2.77. The number of carbonyl (C=O) groups excluding carboxylic acids is 1. The van der Waals surface area contributed by atoms with Gasteiger partial charge in [-0.3, -0.25) is 4.79 Å². The van der Waals surface area contributed by atoms with Crippen LogP contribution in [-0.2, 0) is 4.79 Å². The SMILES string of the molecule is CC(=O)SCC#Cc1cc(C)ccc1F. The van der Waals surface area contributed by atoms with Gasteiger partial charge in [0.2, 0.25) is 0 Å². The molecule has 0 aliphatic heterocycles. The van der Waals surface area contributed by atoms with Gasteiger partial charge in [0.25, 0.3) is 0 Å². The van der Waals surface area contributed by atoms with Crippen molar-refractivity contribution in [3.63, 3.8) is 0 Å². The predicted molar refractivity (Wildman–Crippen MR) is 61.2 cm³/mol. The standard InChI is InChI=1S/C12H11FOS/c1-9-5-6-12(13)11(8-9)4-3-7-15-10(2)14/h5-6,8H,7H2,1-2H3. The third-order valence-corrected chi connectivity index (χ3v) is 2.39. The Morgan fingerprint density at radius 3 is 2.93 bits per heavy atom. The van der Waals surface area contributed by atoms with Crippen molar-refractivity contribution in [3.8, 4) is 11.8 Å². The van der Waals surface area contributed by atoms with Crippen LogP contribution in [0.25, 0.3) is 0 Å². The van der Waals surface area contributed by atoms with E-state index in [1.165, 1.54) is 13.0 Å². The summed E-state index contributed by atoms with van der Waals surface area (Å²) < 4.78 is 13.2. The Hall–Kier alpha value is -1.27. The first-order valence-corrected chi connectivity index (χ1v) is 5.46. The van der Waals surface area contributed by atoms with E-state index in [2.05, 4.69) is 11.8 Å². The summed E-state index contributed by atoms with van der Waals surface area (Å²) in [6, 6.07) is 4.79. The lowest BCUT2D eigenvalue weighted by atomic mass is 10.1. The van der Waals surface area contributed by atoms with Crippen LogP contribution in [0.2, 0.25) is 0 Å². The Labute approximate surface area is 93.1 Å². The molecule has 15 heavy (non-hydrogen) atoms. The van der Waals surface area contributed by atoms with Crippen molar-refractivity contribution in [1.29, 1.82) is 0 Å². The smallest absolute Gasteiger partial charge is 0.186 e. The van der Waals surface area contributed by atoms with Gasteiger partial charge in [0.15, 0.2) is 5.12 Å². The minimum atomic E-state index is -0.319. The molecule has 0 radical (unpaired) electrons. The lowest BCUT2D eigenvalue weighted by Gasteiger charge is -1.95. The van der Waals surface area contributed by atoms with Crippen molar-refractivity contribution in [3.05, 3.63) is 35.1 Å². The number of hydrogen-bond donors (Lipinski definition) is 0. The monoisotopic (exact) mass is 222 g/mol. The normalized spacial score (nSPS) is 9.27. The molecule has 0 aromatic heterocycles. The molecule has 0 bridgehead atoms. The van der Waals surface area contributed by atoms with Crippen molar-refractivity contribution in [2.24, 2.45) is 0 Å². The molecule has 0 atom stereocenters. The zero-order valence-corrected chi connectivity index (χ0v) is 9.45. The lowest BCUT2D eigenvalue weighted by Crippen LogP contribution is -1.86. The van der Waals surface area contributed by atoms with Gasteiger partial charge in [-0.25, -0.2) is 4.39 Å². The molecule has 0 saturated heterocycles.